The van der Waals surface area contributed by atoms with Gasteiger partial charge < -0.3 is 36.2 Å². The molecule has 0 aromatic heterocycles. The maximum Gasteiger partial charge on any atom is 0.253 e. The summed E-state index contributed by atoms with van der Waals surface area (Å²) in [7, 11) is 0. The average molecular weight is 997 g/mol. The Morgan fingerprint density at radius 3 is 1.16 bits per heavy atom. The summed E-state index contributed by atoms with van der Waals surface area (Å²) in [5.74, 6) is -3.65. The molecule has 5 aromatic rings. The van der Waals surface area contributed by atoms with Crippen molar-refractivity contribution >= 4 is 35.4 Å². The van der Waals surface area contributed by atoms with Crippen LogP contribution in [0.1, 0.15) is 119 Å². The molecule has 10 rings (SSSR count). The van der Waals surface area contributed by atoms with Crippen LogP contribution >= 0.6 is 0 Å². The molecule has 0 radical (unpaired) electrons. The van der Waals surface area contributed by atoms with Gasteiger partial charge in [-0.3, -0.25) is 28.8 Å². The lowest BCUT2D eigenvalue weighted by molar-refractivity contribution is -0.133. The lowest BCUT2D eigenvalue weighted by Crippen LogP contribution is -2.43. The van der Waals surface area contributed by atoms with E-state index in [1.54, 1.807) is 46.2 Å². The highest BCUT2D eigenvalue weighted by Crippen LogP contribution is 2.44. The first-order valence-electron chi connectivity index (χ1n) is 26.9. The Kier molecular flexibility index (Phi) is 15.5. The van der Waals surface area contributed by atoms with Crippen molar-refractivity contribution in [1.82, 2.24) is 31.1 Å². The van der Waals surface area contributed by atoms with Gasteiger partial charge in [-0.05, 0) is 97.2 Å². The summed E-state index contributed by atoms with van der Waals surface area (Å²) < 4.78 is 0. The van der Waals surface area contributed by atoms with E-state index in [1.165, 1.54) is 5.56 Å². The molecule has 2 aliphatic heterocycles. The molecule has 6 amide bonds. The third-order valence-electron chi connectivity index (χ3n) is 16.1. The van der Waals surface area contributed by atoms with Crippen LogP contribution in [0.25, 0.3) is 0 Å². The van der Waals surface area contributed by atoms with Gasteiger partial charge in [0, 0.05) is 79.7 Å². The van der Waals surface area contributed by atoms with Crippen molar-refractivity contribution < 1.29 is 33.9 Å². The topological polar surface area (TPSA) is 177 Å². The normalized spacial score (nSPS) is 25.4. The van der Waals surface area contributed by atoms with Crippen molar-refractivity contribution in [1.29, 1.82) is 0 Å². The van der Waals surface area contributed by atoms with Gasteiger partial charge >= 0.3 is 0 Å². The smallest absolute Gasteiger partial charge is 0.253 e. The van der Waals surface area contributed by atoms with E-state index in [4.69, 9.17) is 0 Å². The number of phenols is 1. The molecular formula is C61H68N6O7. The number of unbranched alkanes of at least 4 members (excludes halogenated alkanes) is 5. The Bertz CT molecular complexity index is 2700. The fourth-order valence-electron chi connectivity index (χ4n) is 11.4. The predicted molar refractivity (Wildman–Crippen MR) is 282 cm³/mol. The van der Waals surface area contributed by atoms with E-state index in [1.807, 2.05) is 66.7 Å². The molecule has 2 saturated heterocycles. The number of amides is 6. The molecule has 5 fully saturated rings. The van der Waals surface area contributed by atoms with Crippen molar-refractivity contribution in [2.75, 3.05) is 32.7 Å². The number of hydrogen-bond acceptors (Lipinski definition) is 7. The molecule has 13 nitrogen and oxygen atoms in total. The molecule has 10 atom stereocenters. The van der Waals surface area contributed by atoms with Crippen LogP contribution in [-0.2, 0) is 25.6 Å². The van der Waals surface area contributed by atoms with Gasteiger partial charge in [-0.2, -0.15) is 0 Å². The lowest BCUT2D eigenvalue weighted by Gasteiger charge is -2.18. The molecule has 3 saturated carbocycles. The summed E-state index contributed by atoms with van der Waals surface area (Å²) in [6.07, 6.45) is 9.53. The van der Waals surface area contributed by atoms with Gasteiger partial charge in [-0.15, -0.1) is 0 Å². The maximum atomic E-state index is 14.2. The van der Waals surface area contributed by atoms with Gasteiger partial charge in [-0.1, -0.05) is 129 Å². The number of carbonyl (C=O) groups excluding carboxylic acids is 6. The molecule has 13 heteroatoms. The summed E-state index contributed by atoms with van der Waals surface area (Å²) in [6, 6.07) is 43.8. The summed E-state index contributed by atoms with van der Waals surface area (Å²) in [5, 5.41) is 22.2. The first-order chi connectivity index (χ1) is 36.1. The Labute approximate surface area is 433 Å². The number of likely N-dealkylation sites (tertiary alicyclic amines) is 2. The second-order valence-corrected chi connectivity index (χ2v) is 21.4. The molecule has 2 heterocycles. The SMILES string of the molecule is O=C(NCCCCCCCCc1ccc(O)cc1)[C@@H]1CN(C(=O)c2ccc(C(=O)N3C[C@@H](C(=O)N[C@H]4C[C@@H]4c4ccccc4)[C@H](C(=O)N[C@H]4C[C@@H]4c4ccccc4)C3)cc2)C[C@H]1C(=O)N[C@H]1C[C@@H]1c1ccccc1. The fraction of sp³-hybridized carbons (Fsp3) is 0.410. The van der Waals surface area contributed by atoms with E-state index in [9.17, 15) is 33.9 Å². The number of carbonyl (C=O) groups is 6. The van der Waals surface area contributed by atoms with Crippen LogP contribution in [0.15, 0.2) is 140 Å². The number of aryl methyl sites for hydroxylation is 1. The van der Waals surface area contributed by atoms with E-state index in [0.29, 0.717) is 17.7 Å². The van der Waals surface area contributed by atoms with Crippen molar-refractivity contribution in [3.8, 4) is 5.75 Å². The average Bonchev–Trinajstić information content (AvgIpc) is 4.40. The Morgan fingerprint density at radius 1 is 0.419 bits per heavy atom. The Morgan fingerprint density at radius 2 is 0.770 bits per heavy atom. The van der Waals surface area contributed by atoms with Gasteiger partial charge in [-0.25, -0.2) is 0 Å². The van der Waals surface area contributed by atoms with Gasteiger partial charge in [0.15, 0.2) is 0 Å². The molecule has 5 aromatic carbocycles. The summed E-state index contributed by atoms with van der Waals surface area (Å²) in [6.45, 7) is 0.803. The quantitative estimate of drug-likeness (QED) is 0.0474. The molecule has 0 unspecified atom stereocenters. The third kappa shape index (κ3) is 12.2. The standard InChI is InChI=1S/C61H68N6O7/c68-45-29-23-39(24-30-45)16-8-3-1-2-4-15-31-62-56(69)49-35-66(36-50(49)57(70)63-53-32-46(53)40-17-9-5-10-18-40)60(73)43-25-27-44(28-26-43)61(74)67-37-51(58(71)64-54-33-47(54)41-19-11-6-12-20-41)52(38-67)59(72)65-55-34-48(55)42-21-13-7-14-22-42/h5-7,9-14,17-30,46-55,68H,1-4,8,15-16,31-38H2,(H,62,69)(H,63,70)(H,64,71)(H,65,72)/t46-,47-,48-,49-,50-,51-,52-,53+,54+,55+/m1/s1. The number of phenolic OH excluding ortho intramolecular Hbond substituents is 1. The Hall–Kier alpha value is -7.28. The first-order valence-corrected chi connectivity index (χ1v) is 26.9. The highest BCUT2D eigenvalue weighted by molar-refractivity contribution is 6.00. The van der Waals surface area contributed by atoms with Crippen LogP contribution in [0.2, 0.25) is 0 Å². The van der Waals surface area contributed by atoms with Crippen molar-refractivity contribution in [2.24, 2.45) is 23.7 Å². The Balaban J connectivity index is 0.752. The minimum absolute atomic E-state index is 0.0370. The number of nitrogens with zero attached hydrogens (tertiary/aromatic N) is 2. The van der Waals surface area contributed by atoms with Gasteiger partial charge in [0.2, 0.25) is 23.6 Å². The highest BCUT2D eigenvalue weighted by Gasteiger charge is 2.50. The van der Waals surface area contributed by atoms with Crippen LogP contribution in [0.4, 0.5) is 0 Å². The van der Waals surface area contributed by atoms with E-state index >= 15 is 0 Å². The second-order valence-electron chi connectivity index (χ2n) is 21.4. The van der Waals surface area contributed by atoms with Gasteiger partial charge in [0.1, 0.15) is 5.75 Å². The van der Waals surface area contributed by atoms with E-state index < -0.39 is 23.7 Å². The van der Waals surface area contributed by atoms with Crippen molar-refractivity contribution in [3.63, 3.8) is 0 Å². The molecule has 5 N–H and O–H groups in total. The number of hydrogen-bond donors (Lipinski definition) is 5. The van der Waals surface area contributed by atoms with E-state index in [2.05, 4.69) is 57.7 Å². The van der Waals surface area contributed by atoms with Crippen molar-refractivity contribution in [2.45, 2.75) is 100 Å². The zero-order valence-electron chi connectivity index (χ0n) is 42.0. The summed E-state index contributed by atoms with van der Waals surface area (Å²) >= 11 is 0. The van der Waals surface area contributed by atoms with E-state index in [0.717, 1.165) is 80.9 Å². The molecule has 384 valence electrons. The number of rotatable bonds is 21. The molecule has 3 aliphatic carbocycles. The van der Waals surface area contributed by atoms with Crippen LogP contribution < -0.4 is 21.3 Å². The predicted octanol–water partition coefficient (Wildman–Crippen LogP) is 7.49. The zero-order valence-corrected chi connectivity index (χ0v) is 42.0. The molecule has 5 aliphatic rings. The van der Waals surface area contributed by atoms with Crippen LogP contribution in [-0.4, -0.2) is 101 Å². The van der Waals surface area contributed by atoms with Crippen LogP contribution in [0.5, 0.6) is 5.75 Å². The van der Waals surface area contributed by atoms with Crippen molar-refractivity contribution in [3.05, 3.63) is 173 Å². The third-order valence-corrected chi connectivity index (χ3v) is 16.1. The summed E-state index contributed by atoms with van der Waals surface area (Å²) in [5.41, 5.74) is 5.34. The number of aromatic hydroxyl groups is 1. The largest absolute Gasteiger partial charge is 0.508 e. The monoisotopic (exact) mass is 997 g/mol. The minimum Gasteiger partial charge on any atom is -0.508 e. The lowest BCUT2D eigenvalue weighted by atomic mass is 9.94. The van der Waals surface area contributed by atoms with Crippen LogP contribution in [0.3, 0.4) is 0 Å². The highest BCUT2D eigenvalue weighted by atomic mass is 16.3. The minimum atomic E-state index is -0.737. The molecular weight excluding hydrogens is 929 g/mol. The zero-order chi connectivity index (χ0) is 51.1. The van der Waals surface area contributed by atoms with Gasteiger partial charge in [0.05, 0.1) is 23.7 Å². The summed E-state index contributed by atoms with van der Waals surface area (Å²) in [4.78, 5) is 87.5. The van der Waals surface area contributed by atoms with E-state index in [-0.39, 0.29) is 103 Å². The molecule has 0 bridgehead atoms. The second kappa shape index (κ2) is 22.9. The first kappa shape index (κ1) is 50.3. The number of benzene rings is 5. The molecule has 74 heavy (non-hydrogen) atoms. The molecule has 0 spiro atoms. The van der Waals surface area contributed by atoms with Crippen LogP contribution in [0, 0.1) is 23.7 Å². The number of nitrogens with one attached hydrogen (secondary N) is 4. The maximum absolute atomic E-state index is 14.2. The fourth-order valence-corrected chi connectivity index (χ4v) is 11.4. The van der Waals surface area contributed by atoms with Gasteiger partial charge in [0.25, 0.3) is 11.8 Å².